The molecule has 2 heterocycles. The van der Waals surface area contributed by atoms with E-state index < -0.39 is 6.16 Å². The van der Waals surface area contributed by atoms with Crippen molar-refractivity contribution in [2.24, 2.45) is 5.92 Å². The van der Waals surface area contributed by atoms with Gasteiger partial charge >= 0.3 is 6.16 Å². The van der Waals surface area contributed by atoms with Gasteiger partial charge in [0.25, 0.3) is 0 Å². The molecular weight excluding hydrogens is 512 g/mol. The summed E-state index contributed by atoms with van der Waals surface area (Å²) < 4.78 is 17.7. The number of unbranched alkanes of at least 4 members (excludes halogenated alkanes) is 7. The zero-order valence-corrected chi connectivity index (χ0v) is 26.3. The molecule has 0 amide bonds. The average molecular weight is 565 g/mol. The number of carbonyl (C=O) groups excluding carboxylic acids is 1. The van der Waals surface area contributed by atoms with Crippen LogP contribution in [0.2, 0.25) is 0 Å². The van der Waals surface area contributed by atoms with Crippen molar-refractivity contribution in [3.05, 3.63) is 22.3 Å². The Morgan fingerprint density at radius 2 is 1.61 bits per heavy atom. The van der Waals surface area contributed by atoms with E-state index in [4.69, 9.17) is 14.2 Å². The first-order valence-corrected chi connectivity index (χ1v) is 17.7. The highest BCUT2D eigenvalue weighted by Crippen LogP contribution is 2.42. The van der Waals surface area contributed by atoms with Crippen LogP contribution in [-0.4, -0.2) is 29.9 Å². The van der Waals surface area contributed by atoms with Crippen LogP contribution in [-0.2, 0) is 11.2 Å². The maximum Gasteiger partial charge on any atom is 0.513 e. The van der Waals surface area contributed by atoms with E-state index in [1.165, 1.54) is 75.5 Å². The predicted molar refractivity (Wildman–Crippen MR) is 164 cm³/mol. The Balaban J connectivity index is 1.38. The van der Waals surface area contributed by atoms with Gasteiger partial charge in [0.05, 0.1) is 12.7 Å². The first-order chi connectivity index (χ1) is 18.4. The molecule has 2 atom stereocenters. The number of hydrogen-bond donors (Lipinski definition) is 0. The first-order valence-electron chi connectivity index (χ1n) is 15.3. The van der Waals surface area contributed by atoms with Crippen LogP contribution in [0.5, 0.6) is 11.5 Å². The quantitative estimate of drug-likeness (QED) is 0.0861. The first kappa shape index (κ1) is 31.5. The van der Waals surface area contributed by atoms with Crippen LogP contribution < -0.4 is 9.47 Å². The third kappa shape index (κ3) is 10.2. The molecule has 0 aromatic heterocycles. The van der Waals surface area contributed by atoms with E-state index >= 15 is 0 Å². The zero-order valence-electron chi connectivity index (χ0n) is 24.7. The predicted octanol–water partition coefficient (Wildman–Crippen LogP) is 10.3. The lowest BCUT2D eigenvalue weighted by atomic mass is 9.90. The van der Waals surface area contributed by atoms with Crippen molar-refractivity contribution in [3.63, 3.8) is 0 Å². The molecule has 0 spiro atoms. The molecule has 0 radical (unpaired) electrons. The van der Waals surface area contributed by atoms with Crippen LogP contribution in [0.1, 0.15) is 126 Å². The summed E-state index contributed by atoms with van der Waals surface area (Å²) in [5.41, 5.74) is 4.28. The molecule has 0 saturated carbocycles. The van der Waals surface area contributed by atoms with Gasteiger partial charge in [-0.05, 0) is 88.3 Å². The van der Waals surface area contributed by atoms with Crippen LogP contribution in [0.4, 0.5) is 4.79 Å². The maximum atomic E-state index is 12.4. The van der Waals surface area contributed by atoms with E-state index in [0.717, 1.165) is 60.5 Å². The topological polar surface area (TPSA) is 44.8 Å². The molecule has 216 valence electrons. The number of carbonyl (C=O) groups is 1. The summed E-state index contributed by atoms with van der Waals surface area (Å²) in [7, 11) is 3.91. The monoisotopic (exact) mass is 564 g/mol. The van der Waals surface area contributed by atoms with Crippen molar-refractivity contribution in [3.8, 4) is 11.5 Å². The summed E-state index contributed by atoms with van der Waals surface area (Å²) in [6.07, 6.45) is 18.3. The van der Waals surface area contributed by atoms with Gasteiger partial charge in [-0.15, -0.1) is 0 Å². The Kier molecular flexibility index (Phi) is 14.1. The fourth-order valence-corrected chi connectivity index (χ4v) is 8.66. The standard InChI is InChI=1S/C32H52O4S2/c1-23(2)15-12-10-8-6-7-9-11-13-16-27-18-19-29-26(5)30(24(3)25(4)31(29)35-27)36-32(33)34-21-14-17-28-20-22-37-38-28/h23,27-28H,6-22H2,1-5H3/t27-,28-/m1/s1. The summed E-state index contributed by atoms with van der Waals surface area (Å²) in [4.78, 5) is 12.4. The van der Waals surface area contributed by atoms with Crippen LogP contribution in [0.25, 0.3) is 0 Å². The van der Waals surface area contributed by atoms with Gasteiger partial charge < -0.3 is 14.2 Å². The molecule has 4 nitrogen and oxygen atoms in total. The van der Waals surface area contributed by atoms with Crippen molar-refractivity contribution in [2.75, 3.05) is 12.4 Å². The summed E-state index contributed by atoms with van der Waals surface area (Å²) in [5, 5.41) is 0.700. The van der Waals surface area contributed by atoms with Gasteiger partial charge in [0.1, 0.15) is 11.5 Å². The number of rotatable bonds is 16. The van der Waals surface area contributed by atoms with E-state index in [1.54, 1.807) is 0 Å². The van der Waals surface area contributed by atoms with E-state index in [9.17, 15) is 4.79 Å². The largest absolute Gasteiger partial charge is 0.513 e. The summed E-state index contributed by atoms with van der Waals surface area (Å²) >= 11 is 0. The molecule has 0 unspecified atom stereocenters. The van der Waals surface area contributed by atoms with E-state index in [2.05, 4.69) is 27.7 Å². The van der Waals surface area contributed by atoms with Crippen LogP contribution >= 0.6 is 21.6 Å². The Bertz CT molecular complexity index is 864. The van der Waals surface area contributed by atoms with Gasteiger partial charge in [-0.3, -0.25) is 0 Å². The van der Waals surface area contributed by atoms with E-state index in [0.29, 0.717) is 23.7 Å². The average Bonchev–Trinajstić information content (AvgIpc) is 3.42. The molecule has 1 aromatic carbocycles. The molecular formula is C32H52O4S2. The molecule has 1 saturated heterocycles. The van der Waals surface area contributed by atoms with Gasteiger partial charge in [-0.1, -0.05) is 86.8 Å². The van der Waals surface area contributed by atoms with Crippen molar-refractivity contribution >= 4 is 27.7 Å². The van der Waals surface area contributed by atoms with E-state index in [-0.39, 0.29) is 0 Å². The second-order valence-corrected chi connectivity index (χ2v) is 14.5. The highest BCUT2D eigenvalue weighted by atomic mass is 33.1. The zero-order chi connectivity index (χ0) is 27.3. The molecule has 0 aliphatic carbocycles. The SMILES string of the molecule is Cc1c(C)c2c(c(C)c1OC(=O)OCCC[C@@H]1CCSS1)CC[C@@H](CCCCCCCCCCC(C)C)O2. The molecule has 0 bridgehead atoms. The van der Waals surface area contributed by atoms with Crippen LogP contribution in [0.15, 0.2) is 0 Å². The van der Waals surface area contributed by atoms with Gasteiger partial charge in [0, 0.05) is 16.6 Å². The minimum Gasteiger partial charge on any atom is -0.490 e. The number of ether oxygens (including phenoxy) is 3. The lowest BCUT2D eigenvalue weighted by molar-refractivity contribution is 0.0966. The van der Waals surface area contributed by atoms with Gasteiger partial charge in [0.15, 0.2) is 0 Å². The molecule has 1 fully saturated rings. The Morgan fingerprint density at radius 3 is 2.29 bits per heavy atom. The lowest BCUT2D eigenvalue weighted by Crippen LogP contribution is -2.25. The third-order valence-corrected chi connectivity index (χ3v) is 11.2. The van der Waals surface area contributed by atoms with Crippen molar-refractivity contribution < 1.29 is 19.0 Å². The summed E-state index contributed by atoms with van der Waals surface area (Å²) in [6, 6.07) is 0. The number of fused-ring (bicyclic) bond motifs is 1. The summed E-state index contributed by atoms with van der Waals surface area (Å²) in [5.74, 6) is 3.75. The van der Waals surface area contributed by atoms with Gasteiger partial charge in [-0.25, -0.2) is 4.79 Å². The summed E-state index contributed by atoms with van der Waals surface area (Å²) in [6.45, 7) is 11.2. The van der Waals surface area contributed by atoms with Gasteiger partial charge in [-0.2, -0.15) is 0 Å². The highest BCUT2D eigenvalue weighted by molar-refractivity contribution is 8.77. The molecule has 38 heavy (non-hydrogen) atoms. The van der Waals surface area contributed by atoms with Crippen LogP contribution in [0.3, 0.4) is 0 Å². The molecule has 3 rings (SSSR count). The third-order valence-electron chi connectivity index (χ3n) is 8.17. The highest BCUT2D eigenvalue weighted by Gasteiger charge is 2.27. The lowest BCUT2D eigenvalue weighted by Gasteiger charge is -2.30. The molecule has 0 N–H and O–H groups in total. The fraction of sp³-hybridized carbons (Fsp3) is 0.781. The van der Waals surface area contributed by atoms with Crippen molar-refractivity contribution in [1.82, 2.24) is 0 Å². The Labute approximate surface area is 240 Å². The van der Waals surface area contributed by atoms with Crippen molar-refractivity contribution in [1.29, 1.82) is 0 Å². The number of benzene rings is 1. The van der Waals surface area contributed by atoms with Crippen LogP contribution in [0, 0.1) is 26.7 Å². The number of hydrogen-bond acceptors (Lipinski definition) is 6. The Morgan fingerprint density at radius 1 is 0.895 bits per heavy atom. The maximum absolute atomic E-state index is 12.4. The van der Waals surface area contributed by atoms with Crippen molar-refractivity contribution in [2.45, 2.75) is 142 Å². The smallest absolute Gasteiger partial charge is 0.490 e. The molecule has 2 aliphatic rings. The van der Waals surface area contributed by atoms with Gasteiger partial charge in [0.2, 0.25) is 0 Å². The minimum absolute atomic E-state index is 0.296. The Hall–Kier alpha value is -1.01. The normalized spacial score (nSPS) is 18.9. The van der Waals surface area contributed by atoms with E-state index in [1.807, 2.05) is 28.5 Å². The molecule has 6 heteroatoms. The molecule has 1 aromatic rings. The second kappa shape index (κ2) is 16.9. The molecule has 2 aliphatic heterocycles. The fourth-order valence-electron chi connectivity index (χ4n) is 5.63. The second-order valence-electron chi connectivity index (χ2n) is 11.8. The minimum atomic E-state index is -0.589.